The number of nitrogens with one attached hydrogen (secondary N) is 1. The number of hydrogen-bond donors (Lipinski definition) is 2. The quantitative estimate of drug-likeness (QED) is 0.295. The maximum absolute atomic E-state index is 5.68. The number of aryl methyl sites for hydroxylation is 1. The van der Waals surface area contributed by atoms with Crippen LogP contribution >= 0.6 is 0 Å². The van der Waals surface area contributed by atoms with Gasteiger partial charge in [0, 0.05) is 6.54 Å². The van der Waals surface area contributed by atoms with Gasteiger partial charge in [-0.2, -0.15) is 5.10 Å². The fourth-order valence-corrected chi connectivity index (χ4v) is 1.78. The maximum atomic E-state index is 5.68. The van der Waals surface area contributed by atoms with Crippen LogP contribution in [0.3, 0.4) is 0 Å². The van der Waals surface area contributed by atoms with Crippen molar-refractivity contribution in [1.29, 1.82) is 0 Å². The highest BCUT2D eigenvalue weighted by atomic mass is 16.5. The lowest BCUT2D eigenvalue weighted by Crippen LogP contribution is -2.09. The Morgan fingerprint density at radius 2 is 1.79 bits per heavy atom. The molecule has 0 saturated carbocycles. The van der Waals surface area contributed by atoms with Crippen LogP contribution in [0.1, 0.15) is 37.7 Å². The Labute approximate surface area is 116 Å². The number of nitrogens with two attached hydrogens (primary N) is 1. The first-order valence-corrected chi connectivity index (χ1v) is 6.98. The molecule has 0 aromatic heterocycles. The lowest BCUT2D eigenvalue weighted by atomic mass is 10.1. The van der Waals surface area contributed by atoms with E-state index in [1.165, 1.54) is 31.2 Å². The molecule has 0 saturated heterocycles. The average molecular weight is 263 g/mol. The van der Waals surface area contributed by atoms with E-state index in [1.54, 1.807) is 0 Å². The van der Waals surface area contributed by atoms with Gasteiger partial charge >= 0.3 is 0 Å². The molecule has 1 aromatic carbocycles. The molecule has 0 radical (unpaired) electrons. The van der Waals surface area contributed by atoms with Gasteiger partial charge in [0.1, 0.15) is 12.1 Å². The Bertz CT molecular complexity index is 349. The molecular formula is C15H25N3O. The van der Waals surface area contributed by atoms with Crippen LogP contribution in [0.25, 0.3) is 0 Å². The summed E-state index contributed by atoms with van der Waals surface area (Å²) in [5, 5.41) is 3.74. The number of rotatable bonds is 10. The second-order valence-electron chi connectivity index (χ2n) is 4.62. The summed E-state index contributed by atoms with van der Waals surface area (Å²) in [5.74, 6) is 0.967. The Morgan fingerprint density at radius 3 is 2.53 bits per heavy atom. The molecule has 0 atom stereocenters. The maximum Gasteiger partial charge on any atom is 0.119 e. The zero-order valence-electron chi connectivity index (χ0n) is 11.8. The molecule has 0 aliphatic rings. The van der Waals surface area contributed by atoms with Gasteiger partial charge in [0.05, 0.1) is 6.61 Å². The summed E-state index contributed by atoms with van der Waals surface area (Å²) in [6.07, 6.45) is 7.20. The Balaban J connectivity index is 1.90. The van der Waals surface area contributed by atoms with Crippen molar-refractivity contribution in [3.05, 3.63) is 29.8 Å². The van der Waals surface area contributed by atoms with Crippen molar-refractivity contribution in [2.24, 2.45) is 10.8 Å². The molecule has 106 valence electrons. The molecule has 0 aliphatic heterocycles. The van der Waals surface area contributed by atoms with E-state index >= 15 is 0 Å². The van der Waals surface area contributed by atoms with Crippen molar-refractivity contribution in [1.82, 2.24) is 5.43 Å². The summed E-state index contributed by atoms with van der Waals surface area (Å²) < 4.78 is 5.68. The predicted octanol–water partition coefficient (Wildman–Crippen LogP) is 2.82. The highest BCUT2D eigenvalue weighted by Crippen LogP contribution is 2.12. The van der Waals surface area contributed by atoms with E-state index in [2.05, 4.69) is 29.6 Å². The van der Waals surface area contributed by atoms with Crippen molar-refractivity contribution in [2.75, 3.05) is 13.2 Å². The highest BCUT2D eigenvalue weighted by Gasteiger charge is 1.94. The van der Waals surface area contributed by atoms with E-state index in [-0.39, 0.29) is 0 Å². The summed E-state index contributed by atoms with van der Waals surface area (Å²) >= 11 is 0. The molecule has 4 heteroatoms. The molecule has 0 bridgehead atoms. The van der Waals surface area contributed by atoms with Gasteiger partial charge in [-0.1, -0.05) is 37.0 Å². The summed E-state index contributed by atoms with van der Waals surface area (Å²) in [6.45, 7) is 3.78. The Kier molecular flexibility index (Phi) is 8.27. The fraction of sp³-hybridized carbons (Fsp3) is 0.533. The van der Waals surface area contributed by atoms with Crippen molar-refractivity contribution >= 4 is 6.34 Å². The standard InChI is InChI=1S/C15H25N3O/c1-14-7-9-15(10-8-14)19-12-6-4-2-3-5-11-17-18-13-16/h7-10,13,17H,2-6,11-12H2,1H3,(H2,16,18). The van der Waals surface area contributed by atoms with Crippen molar-refractivity contribution in [3.63, 3.8) is 0 Å². The van der Waals surface area contributed by atoms with Gasteiger partial charge in [-0.25, -0.2) is 0 Å². The number of ether oxygens (including phenoxy) is 1. The lowest BCUT2D eigenvalue weighted by molar-refractivity contribution is 0.304. The molecule has 0 amide bonds. The summed E-state index contributed by atoms with van der Waals surface area (Å²) in [5.41, 5.74) is 9.26. The molecule has 0 aliphatic carbocycles. The van der Waals surface area contributed by atoms with Crippen molar-refractivity contribution in [2.45, 2.75) is 39.0 Å². The van der Waals surface area contributed by atoms with Crippen LogP contribution in [0.2, 0.25) is 0 Å². The molecule has 0 spiro atoms. The van der Waals surface area contributed by atoms with Crippen LogP contribution in [-0.2, 0) is 0 Å². The average Bonchev–Trinajstić information content (AvgIpc) is 2.43. The van der Waals surface area contributed by atoms with Crippen molar-refractivity contribution in [3.8, 4) is 5.75 Å². The van der Waals surface area contributed by atoms with Gasteiger partial charge in [-0.05, 0) is 31.9 Å². The van der Waals surface area contributed by atoms with E-state index in [0.29, 0.717) is 0 Å². The third kappa shape index (κ3) is 8.08. The number of hydrazone groups is 1. The molecule has 19 heavy (non-hydrogen) atoms. The highest BCUT2D eigenvalue weighted by molar-refractivity contribution is 5.50. The fourth-order valence-electron chi connectivity index (χ4n) is 1.78. The van der Waals surface area contributed by atoms with E-state index in [4.69, 9.17) is 10.5 Å². The second-order valence-corrected chi connectivity index (χ2v) is 4.62. The molecule has 0 fully saturated rings. The molecule has 1 rings (SSSR count). The second kappa shape index (κ2) is 10.2. The monoisotopic (exact) mass is 263 g/mol. The summed E-state index contributed by atoms with van der Waals surface area (Å²) in [6, 6.07) is 8.20. The number of hydrogen-bond acceptors (Lipinski definition) is 3. The normalized spacial score (nSPS) is 10.8. The summed E-state index contributed by atoms with van der Waals surface area (Å²) in [4.78, 5) is 0. The Hall–Kier alpha value is -1.71. The van der Waals surface area contributed by atoms with E-state index < -0.39 is 0 Å². The van der Waals surface area contributed by atoms with Gasteiger partial charge in [0.2, 0.25) is 0 Å². The van der Waals surface area contributed by atoms with E-state index in [1.807, 2.05) is 12.1 Å². The van der Waals surface area contributed by atoms with Crippen LogP contribution in [0, 0.1) is 6.92 Å². The van der Waals surface area contributed by atoms with Crippen molar-refractivity contribution < 1.29 is 4.74 Å². The number of benzene rings is 1. The first-order valence-electron chi connectivity index (χ1n) is 6.98. The first kappa shape index (κ1) is 15.3. The predicted molar refractivity (Wildman–Crippen MR) is 80.4 cm³/mol. The minimum Gasteiger partial charge on any atom is -0.494 e. The molecule has 1 aromatic rings. The first-order chi connectivity index (χ1) is 9.33. The Morgan fingerprint density at radius 1 is 1.11 bits per heavy atom. The zero-order chi connectivity index (χ0) is 13.8. The smallest absolute Gasteiger partial charge is 0.119 e. The zero-order valence-corrected chi connectivity index (χ0v) is 11.8. The number of nitrogens with zero attached hydrogens (tertiary/aromatic N) is 1. The van der Waals surface area contributed by atoms with Crippen LogP contribution in [-0.4, -0.2) is 19.5 Å². The molecule has 4 nitrogen and oxygen atoms in total. The van der Waals surface area contributed by atoms with Crippen LogP contribution in [0.15, 0.2) is 29.4 Å². The third-order valence-corrected chi connectivity index (χ3v) is 2.89. The largest absolute Gasteiger partial charge is 0.494 e. The number of unbranched alkanes of at least 4 members (excludes halogenated alkanes) is 4. The van der Waals surface area contributed by atoms with Gasteiger partial charge in [0.25, 0.3) is 0 Å². The van der Waals surface area contributed by atoms with Gasteiger partial charge in [-0.15, -0.1) is 0 Å². The van der Waals surface area contributed by atoms with Crippen LogP contribution in [0.5, 0.6) is 5.75 Å². The van der Waals surface area contributed by atoms with Gasteiger partial charge in [0.15, 0.2) is 0 Å². The van der Waals surface area contributed by atoms with E-state index in [9.17, 15) is 0 Å². The minimum atomic E-state index is 0.804. The topological polar surface area (TPSA) is 59.6 Å². The lowest BCUT2D eigenvalue weighted by Gasteiger charge is -2.06. The molecule has 0 unspecified atom stereocenters. The third-order valence-electron chi connectivity index (χ3n) is 2.89. The summed E-state index contributed by atoms with van der Waals surface area (Å²) in [7, 11) is 0. The van der Waals surface area contributed by atoms with E-state index in [0.717, 1.165) is 31.7 Å². The molecular weight excluding hydrogens is 238 g/mol. The molecule has 3 N–H and O–H groups in total. The SMILES string of the molecule is Cc1ccc(OCCCCCCCN/N=C\N)cc1. The van der Waals surface area contributed by atoms with Crippen LogP contribution in [0.4, 0.5) is 0 Å². The van der Waals surface area contributed by atoms with Gasteiger partial charge in [-0.3, -0.25) is 0 Å². The minimum absolute atomic E-state index is 0.804. The molecule has 0 heterocycles. The van der Waals surface area contributed by atoms with Crippen LogP contribution < -0.4 is 15.9 Å². The van der Waals surface area contributed by atoms with Gasteiger partial charge < -0.3 is 15.9 Å².